The molecule has 0 fully saturated rings. The second kappa shape index (κ2) is 8.59. The van der Waals surface area contributed by atoms with Gasteiger partial charge in [0.05, 0.1) is 16.7 Å². The Morgan fingerprint density at radius 2 is 2.14 bits per heavy atom. The summed E-state index contributed by atoms with van der Waals surface area (Å²) in [5.41, 5.74) is 1.40. The molecule has 0 saturated carbocycles. The van der Waals surface area contributed by atoms with E-state index in [2.05, 4.69) is 10.4 Å². The minimum Gasteiger partial charge on any atom is -0.479 e. The molecule has 152 valence electrons. The number of aromatic nitrogens is 2. The quantitative estimate of drug-likeness (QED) is 0.456. The molecule has 0 radical (unpaired) electrons. The van der Waals surface area contributed by atoms with Crippen molar-refractivity contribution in [1.29, 1.82) is 0 Å². The third-order valence-corrected chi connectivity index (χ3v) is 4.34. The van der Waals surface area contributed by atoms with Crippen molar-refractivity contribution in [2.45, 2.75) is 40.0 Å². The number of hydrogen-bond acceptors (Lipinski definition) is 6. The molecule has 1 amide bonds. The van der Waals surface area contributed by atoms with Crippen molar-refractivity contribution in [2.24, 2.45) is 0 Å². The maximum Gasteiger partial charge on any atom is 0.311 e. The van der Waals surface area contributed by atoms with Crippen molar-refractivity contribution < 1.29 is 18.9 Å². The summed E-state index contributed by atoms with van der Waals surface area (Å²) >= 11 is 0. The van der Waals surface area contributed by atoms with Crippen LogP contribution in [-0.4, -0.2) is 20.6 Å². The first-order valence-corrected chi connectivity index (χ1v) is 9.18. The summed E-state index contributed by atoms with van der Waals surface area (Å²) < 4.78 is 12.8. The van der Waals surface area contributed by atoms with E-state index in [9.17, 15) is 14.9 Å². The Morgan fingerprint density at radius 3 is 2.83 bits per heavy atom. The van der Waals surface area contributed by atoms with Crippen LogP contribution in [0.2, 0.25) is 0 Å². The predicted octanol–water partition coefficient (Wildman–Crippen LogP) is 3.78. The molecule has 1 atom stereocenters. The first-order valence-electron chi connectivity index (χ1n) is 9.18. The van der Waals surface area contributed by atoms with Crippen molar-refractivity contribution in [3.05, 3.63) is 75.5 Å². The number of amides is 1. The van der Waals surface area contributed by atoms with Gasteiger partial charge in [-0.1, -0.05) is 6.07 Å². The monoisotopic (exact) mass is 398 g/mol. The molecule has 1 N–H and O–H groups in total. The van der Waals surface area contributed by atoms with Gasteiger partial charge in [0.1, 0.15) is 12.4 Å². The van der Waals surface area contributed by atoms with Gasteiger partial charge < -0.3 is 14.5 Å². The van der Waals surface area contributed by atoms with E-state index in [-0.39, 0.29) is 35.8 Å². The molecule has 1 aromatic carbocycles. The second-order valence-electron chi connectivity index (χ2n) is 6.57. The Labute approximate surface area is 167 Å². The summed E-state index contributed by atoms with van der Waals surface area (Å²) in [7, 11) is 0. The third-order valence-electron chi connectivity index (χ3n) is 4.34. The number of carbonyl (C=O) groups excluding carboxylic acids is 1. The average molecular weight is 398 g/mol. The van der Waals surface area contributed by atoms with Crippen LogP contribution in [0.4, 0.5) is 5.69 Å². The van der Waals surface area contributed by atoms with Crippen LogP contribution in [0.1, 0.15) is 47.5 Å². The van der Waals surface area contributed by atoms with E-state index in [1.54, 1.807) is 29.8 Å². The fourth-order valence-corrected chi connectivity index (χ4v) is 2.74. The Hall–Kier alpha value is -3.62. The van der Waals surface area contributed by atoms with Crippen molar-refractivity contribution in [3.63, 3.8) is 0 Å². The largest absolute Gasteiger partial charge is 0.479 e. The van der Waals surface area contributed by atoms with Crippen LogP contribution in [0.25, 0.3) is 0 Å². The Balaban J connectivity index is 1.62. The summed E-state index contributed by atoms with van der Waals surface area (Å²) in [6.45, 7) is 6.30. The minimum atomic E-state index is -0.495. The minimum absolute atomic E-state index is 0.0341. The number of nitrogens with one attached hydrogen (secondary N) is 1. The first kappa shape index (κ1) is 20.1. The SMILES string of the molecule is CCn1ccc(C(C)NC(=O)c2ccc(COc3ccc(C)cc3[N+](=O)[O-])o2)n1. The molecule has 1 unspecified atom stereocenters. The topological polar surface area (TPSA) is 112 Å². The fraction of sp³-hybridized carbons (Fsp3) is 0.300. The van der Waals surface area contributed by atoms with Crippen molar-refractivity contribution in [1.82, 2.24) is 15.1 Å². The summed E-state index contributed by atoms with van der Waals surface area (Å²) in [5.74, 6) is 0.274. The van der Waals surface area contributed by atoms with E-state index in [0.717, 1.165) is 17.8 Å². The molecule has 0 saturated heterocycles. The highest BCUT2D eigenvalue weighted by molar-refractivity contribution is 5.91. The standard InChI is InChI=1S/C20H22N4O5/c1-4-23-10-9-16(22-23)14(3)21-20(25)19-8-6-15(29-19)12-28-18-7-5-13(2)11-17(18)24(26)27/h5-11,14H,4,12H2,1-3H3,(H,21,25). The second-order valence-corrected chi connectivity index (χ2v) is 6.57. The number of ether oxygens (including phenoxy) is 1. The third kappa shape index (κ3) is 4.81. The van der Waals surface area contributed by atoms with Gasteiger partial charge in [-0.25, -0.2) is 0 Å². The van der Waals surface area contributed by atoms with Gasteiger partial charge in [-0.15, -0.1) is 0 Å². The number of nitro groups is 1. The van der Waals surface area contributed by atoms with Crippen LogP contribution in [0.15, 0.2) is 47.0 Å². The number of carbonyl (C=O) groups is 1. The summed E-state index contributed by atoms with van der Waals surface area (Å²) in [5, 5.41) is 18.4. The molecule has 0 aliphatic rings. The zero-order chi connectivity index (χ0) is 21.0. The van der Waals surface area contributed by atoms with Crippen molar-refractivity contribution in [2.75, 3.05) is 0 Å². The van der Waals surface area contributed by atoms with Gasteiger partial charge in [0, 0.05) is 18.8 Å². The van der Waals surface area contributed by atoms with E-state index >= 15 is 0 Å². The lowest BCUT2D eigenvalue weighted by molar-refractivity contribution is -0.386. The molecular weight excluding hydrogens is 376 g/mol. The van der Waals surface area contributed by atoms with Crippen LogP contribution >= 0.6 is 0 Å². The number of rotatable bonds is 8. The van der Waals surface area contributed by atoms with E-state index in [4.69, 9.17) is 9.15 Å². The zero-order valence-corrected chi connectivity index (χ0v) is 16.4. The molecule has 29 heavy (non-hydrogen) atoms. The van der Waals surface area contributed by atoms with Crippen LogP contribution in [0.3, 0.4) is 0 Å². The van der Waals surface area contributed by atoms with Gasteiger partial charge in [-0.3, -0.25) is 19.6 Å². The lowest BCUT2D eigenvalue weighted by atomic mass is 10.2. The molecule has 0 aliphatic carbocycles. The molecule has 9 heteroatoms. The molecule has 3 rings (SSSR count). The van der Waals surface area contributed by atoms with Crippen LogP contribution in [0, 0.1) is 17.0 Å². The molecule has 2 aromatic heterocycles. The number of furan rings is 1. The normalized spacial score (nSPS) is 11.8. The molecule has 0 bridgehead atoms. The molecule has 9 nitrogen and oxygen atoms in total. The predicted molar refractivity (Wildman–Crippen MR) is 105 cm³/mol. The highest BCUT2D eigenvalue weighted by Crippen LogP contribution is 2.28. The summed E-state index contributed by atoms with van der Waals surface area (Å²) in [4.78, 5) is 23.1. The van der Waals surface area contributed by atoms with Gasteiger partial charge in [0.25, 0.3) is 5.91 Å². The number of nitrogens with zero attached hydrogens (tertiary/aromatic N) is 3. The molecular formula is C20H22N4O5. The molecule has 3 aromatic rings. The fourth-order valence-electron chi connectivity index (χ4n) is 2.74. The first-order chi connectivity index (χ1) is 13.9. The number of aryl methyl sites for hydroxylation is 2. The summed E-state index contributed by atoms with van der Waals surface area (Å²) in [6.07, 6.45) is 1.85. The highest BCUT2D eigenvalue weighted by Gasteiger charge is 2.18. The van der Waals surface area contributed by atoms with Gasteiger partial charge in [-0.05, 0) is 50.6 Å². The van der Waals surface area contributed by atoms with Crippen LogP contribution in [0.5, 0.6) is 5.75 Å². The number of benzene rings is 1. The molecule has 0 aliphatic heterocycles. The molecule has 2 heterocycles. The lowest BCUT2D eigenvalue weighted by Crippen LogP contribution is -2.26. The molecule has 0 spiro atoms. The van der Waals surface area contributed by atoms with E-state index < -0.39 is 4.92 Å². The van der Waals surface area contributed by atoms with Crippen LogP contribution < -0.4 is 10.1 Å². The lowest BCUT2D eigenvalue weighted by Gasteiger charge is -2.10. The smallest absolute Gasteiger partial charge is 0.311 e. The zero-order valence-electron chi connectivity index (χ0n) is 16.4. The highest BCUT2D eigenvalue weighted by atomic mass is 16.6. The van der Waals surface area contributed by atoms with Gasteiger partial charge in [-0.2, -0.15) is 5.10 Å². The van der Waals surface area contributed by atoms with E-state index in [1.165, 1.54) is 12.1 Å². The van der Waals surface area contributed by atoms with Gasteiger partial charge in [0.15, 0.2) is 11.5 Å². The van der Waals surface area contributed by atoms with Gasteiger partial charge >= 0.3 is 5.69 Å². The maximum atomic E-state index is 12.4. The van der Waals surface area contributed by atoms with Crippen molar-refractivity contribution >= 4 is 11.6 Å². The van der Waals surface area contributed by atoms with Crippen LogP contribution in [-0.2, 0) is 13.2 Å². The Morgan fingerprint density at radius 1 is 1.34 bits per heavy atom. The maximum absolute atomic E-state index is 12.4. The van der Waals surface area contributed by atoms with E-state index in [1.807, 2.05) is 26.1 Å². The Bertz CT molecular complexity index is 1020. The Kier molecular flexibility index (Phi) is 5.96. The number of hydrogen-bond donors (Lipinski definition) is 1. The van der Waals surface area contributed by atoms with Crippen molar-refractivity contribution in [3.8, 4) is 5.75 Å². The van der Waals surface area contributed by atoms with Gasteiger partial charge in [0.2, 0.25) is 0 Å². The van der Waals surface area contributed by atoms with E-state index in [0.29, 0.717) is 5.76 Å². The summed E-state index contributed by atoms with van der Waals surface area (Å²) in [6, 6.07) is 9.42. The average Bonchev–Trinajstić information content (AvgIpc) is 3.36. The number of nitro benzene ring substituents is 1.